The number of H-pyrrole nitrogens is 1. The molecule has 0 bridgehead atoms. The summed E-state index contributed by atoms with van der Waals surface area (Å²) in [5.74, 6) is 0.910. The third-order valence-electron chi connectivity index (χ3n) is 3.06. The van der Waals surface area contributed by atoms with Crippen molar-refractivity contribution in [2.45, 2.75) is 33.7 Å². The van der Waals surface area contributed by atoms with Crippen molar-refractivity contribution in [2.24, 2.45) is 0 Å². The van der Waals surface area contributed by atoms with Gasteiger partial charge >= 0.3 is 0 Å². The highest BCUT2D eigenvalue weighted by Crippen LogP contribution is 2.19. The molecule has 0 aliphatic carbocycles. The number of anilines is 1. The van der Waals surface area contributed by atoms with Crippen LogP contribution in [-0.4, -0.2) is 16.8 Å². The van der Waals surface area contributed by atoms with Crippen molar-refractivity contribution in [3.05, 3.63) is 41.2 Å². The van der Waals surface area contributed by atoms with Crippen molar-refractivity contribution in [2.75, 3.05) is 11.9 Å². The van der Waals surface area contributed by atoms with Crippen LogP contribution in [0.2, 0.25) is 0 Å². The van der Waals surface area contributed by atoms with Gasteiger partial charge in [0.15, 0.2) is 0 Å². The first-order valence-electron chi connectivity index (χ1n) is 6.68. The Bertz CT molecular complexity index is 514. The highest BCUT2D eigenvalue weighted by molar-refractivity contribution is 5.48. The number of benzene rings is 1. The predicted molar refractivity (Wildman–Crippen MR) is 77.6 cm³/mol. The van der Waals surface area contributed by atoms with Crippen LogP contribution in [0.3, 0.4) is 0 Å². The zero-order valence-corrected chi connectivity index (χ0v) is 11.8. The van der Waals surface area contributed by atoms with Crippen molar-refractivity contribution in [1.29, 1.82) is 0 Å². The average Bonchev–Trinajstić information content (AvgIpc) is 2.74. The number of aryl methyl sites for hydroxylation is 2. The summed E-state index contributed by atoms with van der Waals surface area (Å²) in [5, 5.41) is 10.6. The molecule has 0 radical (unpaired) electrons. The molecule has 19 heavy (non-hydrogen) atoms. The number of nitrogens with zero attached hydrogens (tertiary/aromatic N) is 1. The molecule has 4 nitrogen and oxygen atoms in total. The minimum Gasteiger partial charge on any atom is -0.494 e. The first kappa shape index (κ1) is 13.5. The molecule has 0 spiro atoms. The molecule has 0 atom stereocenters. The fraction of sp³-hybridized carbons (Fsp3) is 0.400. The molecule has 0 aliphatic heterocycles. The number of hydrogen-bond acceptors (Lipinski definition) is 3. The Morgan fingerprint density at radius 3 is 2.84 bits per heavy atom. The van der Waals surface area contributed by atoms with Crippen LogP contribution in [0.25, 0.3) is 0 Å². The summed E-state index contributed by atoms with van der Waals surface area (Å²) in [4.78, 5) is 0. The molecule has 2 N–H and O–H groups in total. The van der Waals surface area contributed by atoms with Gasteiger partial charge in [-0.1, -0.05) is 13.0 Å². The van der Waals surface area contributed by atoms with E-state index in [0.717, 1.165) is 42.4 Å². The van der Waals surface area contributed by atoms with Gasteiger partial charge in [-0.05, 0) is 32.4 Å². The molecule has 0 amide bonds. The summed E-state index contributed by atoms with van der Waals surface area (Å²) in [6, 6.07) is 8.06. The Kier molecular flexibility index (Phi) is 4.44. The average molecular weight is 259 g/mol. The van der Waals surface area contributed by atoms with E-state index in [-0.39, 0.29) is 0 Å². The van der Waals surface area contributed by atoms with Crippen molar-refractivity contribution in [3.8, 4) is 5.75 Å². The van der Waals surface area contributed by atoms with Gasteiger partial charge in [-0.2, -0.15) is 5.10 Å². The van der Waals surface area contributed by atoms with E-state index in [1.54, 1.807) is 0 Å². The summed E-state index contributed by atoms with van der Waals surface area (Å²) in [6.07, 6.45) is 1.02. The molecule has 4 heteroatoms. The van der Waals surface area contributed by atoms with E-state index in [2.05, 4.69) is 22.4 Å². The highest BCUT2D eigenvalue weighted by Gasteiger charge is 2.05. The molecule has 0 saturated heterocycles. The van der Waals surface area contributed by atoms with E-state index in [1.165, 1.54) is 5.56 Å². The number of hydrogen-bond donors (Lipinski definition) is 2. The lowest BCUT2D eigenvalue weighted by Crippen LogP contribution is -2.02. The van der Waals surface area contributed by atoms with Crippen LogP contribution in [0.1, 0.15) is 30.3 Å². The van der Waals surface area contributed by atoms with Gasteiger partial charge < -0.3 is 10.1 Å². The molecule has 1 heterocycles. The van der Waals surface area contributed by atoms with Crippen LogP contribution < -0.4 is 10.1 Å². The van der Waals surface area contributed by atoms with Crippen LogP contribution in [-0.2, 0) is 6.54 Å². The van der Waals surface area contributed by atoms with Gasteiger partial charge in [-0.3, -0.25) is 5.10 Å². The van der Waals surface area contributed by atoms with Gasteiger partial charge in [-0.15, -0.1) is 0 Å². The molecular weight excluding hydrogens is 238 g/mol. The molecule has 102 valence electrons. The SMILES string of the molecule is CCCOc1cccc(NCc2c(C)n[nH]c2C)c1. The maximum atomic E-state index is 5.62. The second-order valence-corrected chi connectivity index (χ2v) is 4.64. The van der Waals surface area contributed by atoms with E-state index in [4.69, 9.17) is 4.74 Å². The Balaban J connectivity index is 1.99. The largest absolute Gasteiger partial charge is 0.494 e. The third kappa shape index (κ3) is 3.50. The summed E-state index contributed by atoms with van der Waals surface area (Å²) in [5.41, 5.74) is 4.44. The smallest absolute Gasteiger partial charge is 0.121 e. The van der Waals surface area contributed by atoms with Crippen molar-refractivity contribution in [1.82, 2.24) is 10.2 Å². The first-order valence-corrected chi connectivity index (χ1v) is 6.68. The topological polar surface area (TPSA) is 49.9 Å². The van der Waals surface area contributed by atoms with Crippen molar-refractivity contribution in [3.63, 3.8) is 0 Å². The molecule has 1 aromatic heterocycles. The molecule has 1 aromatic carbocycles. The Labute approximate surface area is 114 Å². The lowest BCUT2D eigenvalue weighted by atomic mass is 10.2. The molecule has 2 rings (SSSR count). The van der Waals surface area contributed by atoms with Crippen LogP contribution >= 0.6 is 0 Å². The fourth-order valence-corrected chi connectivity index (χ4v) is 1.94. The fourth-order valence-electron chi connectivity index (χ4n) is 1.94. The number of aromatic nitrogens is 2. The number of ether oxygens (including phenoxy) is 1. The van der Waals surface area contributed by atoms with Crippen LogP contribution in [0.15, 0.2) is 24.3 Å². The first-order chi connectivity index (χ1) is 9.20. The van der Waals surface area contributed by atoms with Gasteiger partial charge in [0.1, 0.15) is 5.75 Å². The van der Waals surface area contributed by atoms with Crippen LogP contribution in [0.4, 0.5) is 5.69 Å². The minimum atomic E-state index is 0.753. The monoisotopic (exact) mass is 259 g/mol. The second-order valence-electron chi connectivity index (χ2n) is 4.64. The summed E-state index contributed by atoms with van der Waals surface area (Å²) in [7, 11) is 0. The summed E-state index contributed by atoms with van der Waals surface area (Å²) in [6.45, 7) is 7.68. The Morgan fingerprint density at radius 2 is 2.16 bits per heavy atom. The van der Waals surface area contributed by atoms with E-state index < -0.39 is 0 Å². The zero-order valence-electron chi connectivity index (χ0n) is 11.8. The molecule has 0 fully saturated rings. The zero-order chi connectivity index (χ0) is 13.7. The molecule has 0 aliphatic rings. The standard InChI is InChI=1S/C15H21N3O/c1-4-8-19-14-7-5-6-13(9-14)16-10-15-11(2)17-18-12(15)3/h5-7,9,16H,4,8,10H2,1-3H3,(H,17,18). The van der Waals surface area contributed by atoms with Gasteiger partial charge in [0, 0.05) is 29.6 Å². The quantitative estimate of drug-likeness (QED) is 0.835. The summed E-state index contributed by atoms with van der Waals surface area (Å²) < 4.78 is 5.62. The molecular formula is C15H21N3O. The number of aromatic amines is 1. The van der Waals surface area contributed by atoms with Crippen molar-refractivity contribution >= 4 is 5.69 Å². The van der Waals surface area contributed by atoms with E-state index in [1.807, 2.05) is 38.1 Å². The molecule has 0 unspecified atom stereocenters. The lowest BCUT2D eigenvalue weighted by Gasteiger charge is -2.09. The third-order valence-corrected chi connectivity index (χ3v) is 3.06. The second kappa shape index (κ2) is 6.27. The maximum Gasteiger partial charge on any atom is 0.121 e. The summed E-state index contributed by atoms with van der Waals surface area (Å²) >= 11 is 0. The van der Waals surface area contributed by atoms with Gasteiger partial charge in [0.2, 0.25) is 0 Å². The molecule has 0 saturated carbocycles. The maximum absolute atomic E-state index is 5.62. The van der Waals surface area contributed by atoms with Gasteiger partial charge in [-0.25, -0.2) is 0 Å². The Hall–Kier alpha value is -1.97. The Morgan fingerprint density at radius 1 is 1.32 bits per heavy atom. The highest BCUT2D eigenvalue weighted by atomic mass is 16.5. The minimum absolute atomic E-state index is 0.753. The van der Waals surface area contributed by atoms with E-state index in [9.17, 15) is 0 Å². The van der Waals surface area contributed by atoms with Crippen molar-refractivity contribution < 1.29 is 4.74 Å². The van der Waals surface area contributed by atoms with Gasteiger partial charge in [0.05, 0.1) is 12.3 Å². The normalized spacial score (nSPS) is 10.5. The van der Waals surface area contributed by atoms with Gasteiger partial charge in [0.25, 0.3) is 0 Å². The van der Waals surface area contributed by atoms with Crippen LogP contribution in [0, 0.1) is 13.8 Å². The predicted octanol–water partition coefficient (Wildman–Crippen LogP) is 3.43. The number of nitrogens with one attached hydrogen (secondary N) is 2. The lowest BCUT2D eigenvalue weighted by molar-refractivity contribution is 0.317. The van der Waals surface area contributed by atoms with E-state index >= 15 is 0 Å². The van der Waals surface area contributed by atoms with E-state index in [0.29, 0.717) is 0 Å². The van der Waals surface area contributed by atoms with Crippen LogP contribution in [0.5, 0.6) is 5.75 Å². The molecule has 2 aromatic rings. The number of rotatable bonds is 6.